The molecule has 0 saturated heterocycles. The molecule has 0 aromatic heterocycles. The number of nitrogens with one attached hydrogen (secondary N) is 1. The molecule has 0 aliphatic heterocycles. The summed E-state index contributed by atoms with van der Waals surface area (Å²) in [6.07, 6.45) is 10.0. The van der Waals surface area contributed by atoms with E-state index in [-0.39, 0.29) is 6.65 Å². The molecule has 1 saturated carbocycles. The van der Waals surface area contributed by atoms with Crippen molar-refractivity contribution in [2.45, 2.75) is 83.3 Å². The van der Waals surface area contributed by atoms with Gasteiger partial charge in [-0.2, -0.15) is 0 Å². The quantitative estimate of drug-likeness (QED) is 0.274. The van der Waals surface area contributed by atoms with Crippen LogP contribution in [0.3, 0.4) is 0 Å². The Bertz CT molecular complexity index is 1190. The number of benzene rings is 3. The Morgan fingerprint density at radius 3 is 1.56 bits per heavy atom. The molecule has 2 atom stereocenters. The van der Waals surface area contributed by atoms with Crippen LogP contribution in [0, 0.1) is 5.92 Å². The monoisotopic (exact) mass is 613 g/mol. The van der Waals surface area contributed by atoms with Crippen molar-refractivity contribution >= 4 is 11.8 Å². The van der Waals surface area contributed by atoms with E-state index in [2.05, 4.69) is 114 Å². The first-order valence-corrected chi connectivity index (χ1v) is 26.7. The molecule has 0 bridgehead atoms. The van der Waals surface area contributed by atoms with E-state index in [0.717, 1.165) is 6.04 Å². The summed E-state index contributed by atoms with van der Waals surface area (Å²) in [6.45, 7) is 9.36. The Morgan fingerprint density at radius 1 is 0.641 bits per heavy atom. The van der Waals surface area contributed by atoms with Crippen molar-refractivity contribution < 1.29 is 19.7 Å². The summed E-state index contributed by atoms with van der Waals surface area (Å²) >= 11 is -2.60. The average molecular weight is 615 g/mol. The van der Waals surface area contributed by atoms with Gasteiger partial charge in [-0.25, -0.2) is 0 Å². The van der Waals surface area contributed by atoms with E-state index >= 15 is 0 Å². The zero-order valence-electron chi connectivity index (χ0n) is 25.0. The molecule has 3 heteroatoms. The van der Waals surface area contributed by atoms with Crippen molar-refractivity contribution in [3.63, 3.8) is 0 Å². The summed E-state index contributed by atoms with van der Waals surface area (Å²) in [5.41, 5.74) is 7.42. The minimum Gasteiger partial charge on any atom is -0.0622 e. The Hall–Kier alpha value is -1.80. The third kappa shape index (κ3) is 8.12. The van der Waals surface area contributed by atoms with E-state index in [1.54, 1.807) is 21.9 Å². The molecule has 206 valence electrons. The summed E-state index contributed by atoms with van der Waals surface area (Å²) in [4.78, 5) is 0. The molecule has 39 heavy (non-hydrogen) atoms. The van der Waals surface area contributed by atoms with Crippen LogP contribution in [0.2, 0.25) is 4.63 Å². The number of hydrogen-bond acceptors (Lipinski definition) is 1. The first kappa shape index (κ1) is 30.2. The molecule has 1 N–H and O–H groups in total. The van der Waals surface area contributed by atoms with Crippen LogP contribution in [-0.2, 0) is 19.7 Å². The van der Waals surface area contributed by atoms with Crippen LogP contribution in [0.1, 0.15) is 72.6 Å². The normalized spacial score (nSPS) is 20.4. The first-order valence-electron chi connectivity index (χ1n) is 15.2. The maximum atomic E-state index is 4.48. The average Bonchev–Trinajstić information content (AvgIpc) is 3.14. The van der Waals surface area contributed by atoms with Gasteiger partial charge in [-0.3, -0.25) is 0 Å². The number of allylic oxidation sites excluding steroid dienone is 4. The third-order valence-electron chi connectivity index (χ3n) is 9.14. The van der Waals surface area contributed by atoms with Gasteiger partial charge in [-0.15, -0.1) is 0 Å². The molecular weight excluding hydrogens is 566 g/mol. The molecular formula is C36H49NSiZr. The maximum absolute atomic E-state index is 4.48. The Labute approximate surface area is 244 Å². The fraction of sp³-hybridized carbons (Fsp3) is 0.389. The molecule has 1 nitrogen and oxygen atoms in total. The van der Waals surface area contributed by atoms with Gasteiger partial charge in [0.05, 0.1) is 0 Å². The Morgan fingerprint density at radius 2 is 1.10 bits per heavy atom. The van der Waals surface area contributed by atoms with Gasteiger partial charge in [-0.05, 0) is 11.1 Å². The SMILES string of the molecule is CC1=C(C)C(C)[C]([Zr]([CH3])([NH]C2CCCCCCC2)[SiH2]c2ccccc2)=C1C.c1ccc(-c2ccccc2)cc1. The van der Waals surface area contributed by atoms with Crippen molar-refractivity contribution in [2.75, 3.05) is 0 Å². The first-order chi connectivity index (χ1) is 18.9. The summed E-state index contributed by atoms with van der Waals surface area (Å²) in [6, 6.07) is 33.0. The maximum Gasteiger partial charge on any atom is -0.0184 e. The standard InChI is InChI=1S/C12H10.C9H13.C8H16N.C6H7Si.CH3.Zr/c1-3-7-11(8-4-1)12-9-5-2-6-10-12;1-6-5-7(2)9(4)8(6)3;9-8-6-4-2-1-3-5-7-8;7-6-4-2-1-3-5-6;;/h1-10H;6H,1-4H3;8-9H,1-7H2;1-5H,7H2;1H3;/q;;-1;;;+1. The predicted molar refractivity (Wildman–Crippen MR) is 172 cm³/mol. The summed E-state index contributed by atoms with van der Waals surface area (Å²) in [5.74, 6) is 0.670. The molecule has 5 rings (SSSR count). The van der Waals surface area contributed by atoms with Gasteiger partial charge in [0.1, 0.15) is 0 Å². The molecule has 0 amide bonds. The number of rotatable bonds is 6. The van der Waals surface area contributed by atoms with Crippen LogP contribution in [-0.4, -0.2) is 12.7 Å². The van der Waals surface area contributed by atoms with Gasteiger partial charge in [-0.1, -0.05) is 60.7 Å². The van der Waals surface area contributed by atoms with Crippen molar-refractivity contribution in [3.8, 4) is 11.1 Å². The second-order valence-electron chi connectivity index (χ2n) is 12.0. The van der Waals surface area contributed by atoms with Gasteiger partial charge in [0, 0.05) is 0 Å². The van der Waals surface area contributed by atoms with Gasteiger partial charge in [0.15, 0.2) is 0 Å². The van der Waals surface area contributed by atoms with E-state index < -0.39 is 19.7 Å². The molecule has 2 aliphatic carbocycles. The zero-order chi connectivity index (χ0) is 27.7. The minimum atomic E-state index is -2.60. The fourth-order valence-corrected chi connectivity index (χ4v) is 32.1. The van der Waals surface area contributed by atoms with Crippen LogP contribution in [0.25, 0.3) is 11.1 Å². The van der Waals surface area contributed by atoms with E-state index in [1.807, 2.05) is 15.4 Å². The van der Waals surface area contributed by atoms with E-state index in [9.17, 15) is 0 Å². The van der Waals surface area contributed by atoms with Crippen molar-refractivity contribution in [1.82, 2.24) is 3.26 Å². The largest absolute Gasteiger partial charge is 0.0622 e. The fourth-order valence-electron chi connectivity index (χ4n) is 6.80. The van der Waals surface area contributed by atoms with E-state index in [1.165, 1.54) is 56.1 Å². The molecule has 3 aromatic carbocycles. The van der Waals surface area contributed by atoms with Crippen LogP contribution >= 0.6 is 0 Å². The molecule has 0 spiro atoms. The summed E-state index contributed by atoms with van der Waals surface area (Å²) in [5, 5.41) is 1.67. The smallest absolute Gasteiger partial charge is 0.0184 e. The second-order valence-corrected chi connectivity index (χ2v) is 32.7. The second kappa shape index (κ2) is 14.7. The third-order valence-corrected chi connectivity index (χ3v) is 29.9. The van der Waals surface area contributed by atoms with Gasteiger partial charge >= 0.3 is 174 Å². The van der Waals surface area contributed by atoms with Crippen LogP contribution < -0.4 is 8.45 Å². The Kier molecular flexibility index (Phi) is 11.4. The van der Waals surface area contributed by atoms with Gasteiger partial charge in [0.25, 0.3) is 0 Å². The van der Waals surface area contributed by atoms with E-state index in [4.69, 9.17) is 0 Å². The van der Waals surface area contributed by atoms with Crippen molar-refractivity contribution in [2.24, 2.45) is 5.92 Å². The summed E-state index contributed by atoms with van der Waals surface area (Å²) < 4.78 is 9.12. The van der Waals surface area contributed by atoms with Gasteiger partial charge in [0.2, 0.25) is 0 Å². The molecule has 0 heterocycles. The summed E-state index contributed by atoms with van der Waals surface area (Å²) in [7, 11) is 0. The van der Waals surface area contributed by atoms with Gasteiger partial charge < -0.3 is 0 Å². The van der Waals surface area contributed by atoms with Crippen molar-refractivity contribution in [3.05, 3.63) is 111 Å². The number of hydrogen-bond donors (Lipinski definition) is 1. The van der Waals surface area contributed by atoms with E-state index in [0.29, 0.717) is 5.92 Å². The zero-order valence-corrected chi connectivity index (χ0v) is 28.8. The van der Waals surface area contributed by atoms with Crippen LogP contribution in [0.4, 0.5) is 0 Å². The molecule has 2 unspecified atom stereocenters. The van der Waals surface area contributed by atoms with Crippen LogP contribution in [0.5, 0.6) is 0 Å². The minimum absolute atomic E-state index is 0.283. The van der Waals surface area contributed by atoms with Crippen LogP contribution in [0.15, 0.2) is 111 Å². The molecule has 2 aliphatic rings. The molecule has 1 fully saturated rings. The topological polar surface area (TPSA) is 12.0 Å². The molecule has 0 radical (unpaired) electrons. The predicted octanol–water partition coefficient (Wildman–Crippen LogP) is 8.83. The molecule has 3 aromatic rings. The van der Waals surface area contributed by atoms with Crippen molar-refractivity contribution in [1.29, 1.82) is 0 Å². The Balaban J connectivity index is 0.000000243.